The third-order valence-corrected chi connectivity index (χ3v) is 1.77. The van der Waals surface area contributed by atoms with Crippen molar-refractivity contribution in [3.05, 3.63) is 30.1 Å². The van der Waals surface area contributed by atoms with Crippen LogP contribution in [0.2, 0.25) is 0 Å². The van der Waals surface area contributed by atoms with Crippen LogP contribution < -0.4 is 0 Å². The Labute approximate surface area is 82.2 Å². The molecule has 0 amide bonds. The molecule has 1 rings (SSSR count). The van der Waals surface area contributed by atoms with Crippen LogP contribution in [0.3, 0.4) is 0 Å². The smallest absolute Gasteiger partial charge is 0.0372 e. The predicted octanol–water partition coefficient (Wildman–Crippen LogP) is 3.98. The van der Waals surface area contributed by atoms with E-state index in [2.05, 4.69) is 18.8 Å². The molecule has 0 spiro atoms. The van der Waals surface area contributed by atoms with E-state index in [9.17, 15) is 0 Å². The largest absolute Gasteiger partial charge is 0.262 e. The maximum Gasteiger partial charge on any atom is 0.0372 e. The van der Waals surface area contributed by atoms with Crippen LogP contribution in [-0.4, -0.2) is 4.98 Å². The van der Waals surface area contributed by atoms with Gasteiger partial charge in [-0.15, -0.1) is 0 Å². The normalized spacial score (nSPS) is 8.85. The summed E-state index contributed by atoms with van der Waals surface area (Å²) in [4.78, 5) is 3.98. The van der Waals surface area contributed by atoms with Gasteiger partial charge in [0.15, 0.2) is 0 Å². The summed E-state index contributed by atoms with van der Waals surface area (Å²) in [5.74, 6) is 0. The Hall–Kier alpha value is -0.850. The van der Waals surface area contributed by atoms with Crippen LogP contribution in [0.25, 0.3) is 0 Å². The van der Waals surface area contributed by atoms with Crippen molar-refractivity contribution in [3.8, 4) is 0 Å². The highest BCUT2D eigenvalue weighted by Gasteiger charge is 1.75. The molecule has 1 aromatic heterocycles. The molecule has 0 aliphatic heterocycles. The molecule has 0 saturated carbocycles. The van der Waals surface area contributed by atoms with Crippen molar-refractivity contribution in [3.63, 3.8) is 0 Å². The van der Waals surface area contributed by atoms with E-state index >= 15 is 0 Å². The highest BCUT2D eigenvalue weighted by Crippen LogP contribution is 1.95. The summed E-state index contributed by atoms with van der Waals surface area (Å²) >= 11 is 0. The number of hydrogen-bond donors (Lipinski definition) is 0. The van der Waals surface area contributed by atoms with E-state index in [1.807, 2.05) is 25.1 Å². The number of rotatable bonds is 3. The minimum absolute atomic E-state index is 1.07. The standard InChI is InChI=1S/C6H7N.C6H14/c1-6-4-2-3-5-7-6;1-3-5-6-4-2/h2-5H,1H3;3-6H2,1-2H3. The second-order valence-electron chi connectivity index (χ2n) is 3.18. The van der Waals surface area contributed by atoms with Crippen molar-refractivity contribution < 1.29 is 0 Å². The van der Waals surface area contributed by atoms with Crippen molar-refractivity contribution in [1.29, 1.82) is 0 Å². The SMILES string of the molecule is CCCCCC.Cc1ccccn1. The van der Waals surface area contributed by atoms with Crippen LogP contribution in [0.1, 0.15) is 45.2 Å². The molecule has 1 heteroatoms. The molecule has 0 aromatic carbocycles. The van der Waals surface area contributed by atoms with Crippen molar-refractivity contribution in [2.24, 2.45) is 0 Å². The van der Waals surface area contributed by atoms with Gasteiger partial charge in [-0.1, -0.05) is 45.6 Å². The molecule has 0 aliphatic rings. The maximum atomic E-state index is 3.98. The lowest BCUT2D eigenvalue weighted by Gasteiger charge is -1.86. The molecule has 1 aromatic rings. The lowest BCUT2D eigenvalue weighted by atomic mass is 10.2. The molecule has 0 radical (unpaired) electrons. The quantitative estimate of drug-likeness (QED) is 0.640. The summed E-state index contributed by atoms with van der Waals surface area (Å²) in [6.07, 6.45) is 7.32. The number of unbranched alkanes of at least 4 members (excludes halogenated alkanes) is 3. The average molecular weight is 179 g/mol. The first-order valence-electron chi connectivity index (χ1n) is 5.18. The van der Waals surface area contributed by atoms with Gasteiger partial charge in [-0.05, 0) is 19.1 Å². The van der Waals surface area contributed by atoms with Gasteiger partial charge < -0.3 is 0 Å². The fourth-order valence-corrected chi connectivity index (χ4v) is 0.948. The first-order chi connectivity index (χ1) is 6.31. The van der Waals surface area contributed by atoms with Gasteiger partial charge in [-0.2, -0.15) is 0 Å². The predicted molar refractivity (Wildman–Crippen MR) is 58.8 cm³/mol. The van der Waals surface area contributed by atoms with E-state index in [4.69, 9.17) is 0 Å². The number of nitrogens with zero attached hydrogens (tertiary/aromatic N) is 1. The van der Waals surface area contributed by atoms with Crippen LogP contribution >= 0.6 is 0 Å². The third kappa shape index (κ3) is 9.06. The van der Waals surface area contributed by atoms with Gasteiger partial charge in [0, 0.05) is 11.9 Å². The van der Waals surface area contributed by atoms with E-state index in [1.165, 1.54) is 25.7 Å². The fraction of sp³-hybridized carbons (Fsp3) is 0.583. The number of aryl methyl sites for hydroxylation is 1. The van der Waals surface area contributed by atoms with Gasteiger partial charge in [0.2, 0.25) is 0 Å². The first-order valence-corrected chi connectivity index (χ1v) is 5.18. The van der Waals surface area contributed by atoms with Gasteiger partial charge >= 0.3 is 0 Å². The van der Waals surface area contributed by atoms with E-state index in [0.717, 1.165) is 5.69 Å². The van der Waals surface area contributed by atoms with Crippen LogP contribution in [0.5, 0.6) is 0 Å². The molecule has 74 valence electrons. The second kappa shape index (κ2) is 9.24. The zero-order valence-electron chi connectivity index (χ0n) is 9.09. The molecule has 0 saturated heterocycles. The summed E-state index contributed by atoms with van der Waals surface area (Å²) in [5.41, 5.74) is 1.07. The maximum absolute atomic E-state index is 3.98. The summed E-state index contributed by atoms with van der Waals surface area (Å²) in [6, 6.07) is 5.86. The molecule has 1 nitrogen and oxygen atoms in total. The number of pyridine rings is 1. The Morgan fingerprint density at radius 3 is 1.92 bits per heavy atom. The van der Waals surface area contributed by atoms with Crippen LogP contribution in [-0.2, 0) is 0 Å². The van der Waals surface area contributed by atoms with Crippen molar-refractivity contribution >= 4 is 0 Å². The third-order valence-electron chi connectivity index (χ3n) is 1.77. The lowest BCUT2D eigenvalue weighted by Crippen LogP contribution is -1.72. The number of aromatic nitrogens is 1. The van der Waals surface area contributed by atoms with Gasteiger partial charge in [0.05, 0.1) is 0 Å². The molecule has 0 atom stereocenters. The minimum Gasteiger partial charge on any atom is -0.262 e. The molecule has 13 heavy (non-hydrogen) atoms. The van der Waals surface area contributed by atoms with Crippen molar-refractivity contribution in [2.75, 3.05) is 0 Å². The van der Waals surface area contributed by atoms with Crippen LogP contribution in [0, 0.1) is 6.92 Å². The zero-order chi connectivity index (χ0) is 9.94. The summed E-state index contributed by atoms with van der Waals surface area (Å²) < 4.78 is 0. The second-order valence-corrected chi connectivity index (χ2v) is 3.18. The van der Waals surface area contributed by atoms with E-state index in [-0.39, 0.29) is 0 Å². The number of hydrogen-bond acceptors (Lipinski definition) is 1. The topological polar surface area (TPSA) is 12.9 Å². The Bertz CT molecular complexity index is 178. The Balaban J connectivity index is 0.000000226. The summed E-state index contributed by atoms with van der Waals surface area (Å²) in [7, 11) is 0. The molecule has 0 N–H and O–H groups in total. The molecule has 1 heterocycles. The van der Waals surface area contributed by atoms with Crippen molar-refractivity contribution in [1.82, 2.24) is 4.98 Å². The lowest BCUT2D eigenvalue weighted by molar-refractivity contribution is 0.702. The van der Waals surface area contributed by atoms with Gasteiger partial charge in [-0.25, -0.2) is 0 Å². The van der Waals surface area contributed by atoms with Gasteiger partial charge in [0.25, 0.3) is 0 Å². The Kier molecular flexibility index (Phi) is 8.64. The molecular formula is C12H21N. The molecule has 0 unspecified atom stereocenters. The molecule has 0 bridgehead atoms. The molecular weight excluding hydrogens is 158 g/mol. The Morgan fingerprint density at radius 1 is 1.08 bits per heavy atom. The highest BCUT2D eigenvalue weighted by atomic mass is 14.6. The zero-order valence-corrected chi connectivity index (χ0v) is 9.09. The average Bonchev–Trinajstić information content (AvgIpc) is 2.17. The van der Waals surface area contributed by atoms with E-state index in [1.54, 1.807) is 6.20 Å². The van der Waals surface area contributed by atoms with Crippen LogP contribution in [0.15, 0.2) is 24.4 Å². The fourth-order valence-electron chi connectivity index (χ4n) is 0.948. The minimum atomic E-state index is 1.07. The summed E-state index contributed by atoms with van der Waals surface area (Å²) in [6.45, 7) is 6.44. The van der Waals surface area contributed by atoms with Gasteiger partial charge in [-0.3, -0.25) is 4.98 Å². The van der Waals surface area contributed by atoms with Gasteiger partial charge in [0.1, 0.15) is 0 Å². The highest BCUT2D eigenvalue weighted by molar-refractivity contribution is 4.99. The van der Waals surface area contributed by atoms with E-state index in [0.29, 0.717) is 0 Å². The van der Waals surface area contributed by atoms with Crippen LogP contribution in [0.4, 0.5) is 0 Å². The van der Waals surface area contributed by atoms with E-state index < -0.39 is 0 Å². The Morgan fingerprint density at radius 2 is 1.69 bits per heavy atom. The molecule has 0 fully saturated rings. The first kappa shape index (κ1) is 12.2. The molecule has 0 aliphatic carbocycles. The summed E-state index contributed by atoms with van der Waals surface area (Å²) in [5, 5.41) is 0. The van der Waals surface area contributed by atoms with Crippen molar-refractivity contribution in [2.45, 2.75) is 46.5 Å². The monoisotopic (exact) mass is 179 g/mol.